The van der Waals surface area contributed by atoms with Gasteiger partial charge in [0, 0.05) is 70.7 Å². The molecule has 5 heterocycles. The molecular weight excluding hydrogens is 797 g/mol. The molecule has 1 saturated heterocycles. The number of hydrogen-bond acceptors (Lipinski definition) is 11. The van der Waals surface area contributed by atoms with Gasteiger partial charge in [0.2, 0.25) is 0 Å². The number of esters is 2. The Bertz CT molecular complexity index is 2680. The largest absolute Gasteiger partial charge is 0.482 e. The summed E-state index contributed by atoms with van der Waals surface area (Å²) in [5, 5.41) is 0. The van der Waals surface area contributed by atoms with Crippen LogP contribution < -0.4 is 19.9 Å². The molecule has 6 unspecified atom stereocenters. The lowest BCUT2D eigenvalue weighted by Crippen LogP contribution is -2.75. The first kappa shape index (κ1) is 41.5. The molecule has 5 aliphatic heterocycles. The number of rotatable bonds is 10. The Hall–Kier alpha value is -5.52. The molecule has 3 saturated carbocycles. The van der Waals surface area contributed by atoms with E-state index in [2.05, 4.69) is 43.9 Å². The highest BCUT2D eigenvalue weighted by atomic mass is 16.6. The Morgan fingerprint density at radius 1 is 0.921 bits per heavy atom. The van der Waals surface area contributed by atoms with Gasteiger partial charge in [-0.3, -0.25) is 14.4 Å². The second-order valence-corrected chi connectivity index (χ2v) is 19.8. The van der Waals surface area contributed by atoms with Crippen LogP contribution in [0.2, 0.25) is 0 Å². The van der Waals surface area contributed by atoms with Gasteiger partial charge in [0.25, 0.3) is 0 Å². The zero-order valence-corrected chi connectivity index (χ0v) is 37.7. The van der Waals surface area contributed by atoms with Gasteiger partial charge < -0.3 is 34.3 Å². The number of methoxy groups -OCH3 is 1. The van der Waals surface area contributed by atoms with E-state index in [1.165, 1.54) is 12.7 Å². The minimum atomic E-state index is -1.63. The number of carbonyl (C=O) groups is 4. The minimum absolute atomic E-state index is 0.0148. The maximum Gasteiger partial charge on any atom is 0.333 e. The van der Waals surface area contributed by atoms with E-state index in [4.69, 9.17) is 29.4 Å². The molecule has 11 nitrogen and oxygen atoms in total. The molecule has 2 aromatic rings. The quantitative estimate of drug-likeness (QED) is 0.107. The highest BCUT2D eigenvalue weighted by Gasteiger charge is 2.84. The third kappa shape index (κ3) is 5.51. The number of nitrogens with two attached hydrogens (primary N) is 1. The van der Waals surface area contributed by atoms with Gasteiger partial charge in [0.15, 0.2) is 28.5 Å². The van der Waals surface area contributed by atoms with Crippen LogP contribution in [0.1, 0.15) is 120 Å². The molecule has 4 fully saturated rings. The number of ketones is 2. The van der Waals surface area contributed by atoms with Crippen molar-refractivity contribution in [3.8, 4) is 17.2 Å². The second-order valence-electron chi connectivity index (χ2n) is 19.8. The number of fused-ring (bicyclic) bond motifs is 5. The summed E-state index contributed by atoms with van der Waals surface area (Å²) >= 11 is 0. The molecule has 63 heavy (non-hydrogen) atoms. The van der Waals surface area contributed by atoms with Crippen molar-refractivity contribution in [3.05, 3.63) is 104 Å². The van der Waals surface area contributed by atoms with E-state index in [9.17, 15) is 14.4 Å². The van der Waals surface area contributed by atoms with E-state index < -0.39 is 46.2 Å². The SMILES string of the molecule is COC(=O)C(C)=CCC12OC(C)(C)C3CC(C1=O)C1C4=C(c5ccccc5C4=O)N(CCN)C4=C1C32Oc1c(CC=C(C)C)c2c3c(c14)OC(=O)CC3=CC(C)(CCC=C(C)C)O2. The number of benzene rings is 2. The maximum absolute atomic E-state index is 15.9. The fourth-order valence-electron chi connectivity index (χ4n) is 12.4. The molecule has 328 valence electrons. The summed E-state index contributed by atoms with van der Waals surface area (Å²) in [6.07, 6.45) is 10.5. The molecule has 2 N–H and O–H groups in total. The van der Waals surface area contributed by atoms with Crippen LogP contribution in [-0.4, -0.2) is 71.0 Å². The van der Waals surface area contributed by atoms with Crippen molar-refractivity contribution in [2.75, 3.05) is 20.2 Å². The number of Topliss-reactive ketones (excluding diaryl/α,β-unsaturated/α-hetero) is 2. The van der Waals surface area contributed by atoms with Crippen LogP contribution in [0.5, 0.6) is 17.2 Å². The minimum Gasteiger partial charge on any atom is -0.482 e. The fourth-order valence-corrected chi connectivity index (χ4v) is 12.4. The molecule has 4 bridgehead atoms. The fraction of sp³-hybridized carbons (Fsp3) is 0.462. The first-order chi connectivity index (χ1) is 29.9. The third-order valence-corrected chi connectivity index (χ3v) is 14.8. The van der Waals surface area contributed by atoms with Crippen LogP contribution >= 0.6 is 0 Å². The van der Waals surface area contributed by atoms with Crippen molar-refractivity contribution < 1.29 is 42.9 Å². The third-order valence-electron chi connectivity index (χ3n) is 14.8. The Morgan fingerprint density at radius 3 is 2.33 bits per heavy atom. The van der Waals surface area contributed by atoms with E-state index in [0.29, 0.717) is 76.6 Å². The Morgan fingerprint density at radius 2 is 1.63 bits per heavy atom. The molecule has 6 atom stereocenters. The van der Waals surface area contributed by atoms with Crippen molar-refractivity contribution in [2.24, 2.45) is 23.5 Å². The molecule has 0 radical (unpaired) electrons. The molecule has 2 aromatic carbocycles. The molecule has 11 heteroatoms. The molecular formula is C52H56N2O9. The highest BCUT2D eigenvalue weighted by Crippen LogP contribution is 2.75. The monoisotopic (exact) mass is 852 g/mol. The number of carbonyl (C=O) groups excluding carboxylic acids is 4. The maximum atomic E-state index is 15.9. The van der Waals surface area contributed by atoms with Crippen molar-refractivity contribution in [1.29, 1.82) is 0 Å². The van der Waals surface area contributed by atoms with Gasteiger partial charge in [0.1, 0.15) is 17.1 Å². The summed E-state index contributed by atoms with van der Waals surface area (Å²) in [6.45, 7) is 16.5. The van der Waals surface area contributed by atoms with E-state index in [1.807, 2.05) is 52.0 Å². The Balaban J connectivity index is 1.34. The van der Waals surface area contributed by atoms with Gasteiger partial charge in [-0.15, -0.1) is 0 Å². The summed E-state index contributed by atoms with van der Waals surface area (Å²) in [6, 6.07) is 7.60. The predicted octanol–water partition coefficient (Wildman–Crippen LogP) is 8.40. The lowest BCUT2D eigenvalue weighted by Gasteiger charge is -2.63. The van der Waals surface area contributed by atoms with E-state index in [-0.39, 0.29) is 36.9 Å². The average molecular weight is 853 g/mol. The molecule has 11 rings (SSSR count). The van der Waals surface area contributed by atoms with Crippen LogP contribution in [0.4, 0.5) is 0 Å². The van der Waals surface area contributed by atoms with Gasteiger partial charge in [-0.05, 0) is 92.7 Å². The summed E-state index contributed by atoms with van der Waals surface area (Å²) in [4.78, 5) is 60.0. The lowest BCUT2D eigenvalue weighted by atomic mass is 9.44. The van der Waals surface area contributed by atoms with Crippen molar-refractivity contribution in [2.45, 2.75) is 116 Å². The first-order valence-electron chi connectivity index (χ1n) is 22.3. The summed E-state index contributed by atoms with van der Waals surface area (Å²) < 4.78 is 34.0. The topological polar surface area (TPSA) is 144 Å². The summed E-state index contributed by atoms with van der Waals surface area (Å²) in [5.74, 6) is -1.55. The molecule has 0 aromatic heterocycles. The number of nitrogens with zero attached hydrogens (tertiary/aromatic N) is 1. The van der Waals surface area contributed by atoms with E-state index >= 15 is 4.79 Å². The molecule has 9 aliphatic rings. The Labute approximate surface area is 368 Å². The number of allylic oxidation sites excluding steroid dienone is 5. The summed E-state index contributed by atoms with van der Waals surface area (Å²) in [7, 11) is 1.33. The number of hydrogen-bond donors (Lipinski definition) is 1. The van der Waals surface area contributed by atoms with Crippen molar-refractivity contribution in [1.82, 2.24) is 4.90 Å². The van der Waals surface area contributed by atoms with Crippen LogP contribution in [-0.2, 0) is 30.3 Å². The van der Waals surface area contributed by atoms with Gasteiger partial charge in [-0.25, -0.2) is 4.79 Å². The van der Waals surface area contributed by atoms with Crippen LogP contribution in [0.15, 0.2) is 76.4 Å². The van der Waals surface area contributed by atoms with Crippen molar-refractivity contribution >= 4 is 40.5 Å². The second kappa shape index (κ2) is 14.0. The van der Waals surface area contributed by atoms with Gasteiger partial charge in [-0.2, -0.15) is 0 Å². The van der Waals surface area contributed by atoms with Gasteiger partial charge in [-0.1, -0.05) is 53.6 Å². The molecule has 0 amide bonds. The molecule has 4 aliphatic carbocycles. The zero-order chi connectivity index (χ0) is 44.7. The van der Waals surface area contributed by atoms with Gasteiger partial charge >= 0.3 is 11.9 Å². The van der Waals surface area contributed by atoms with Crippen LogP contribution in [0.25, 0.3) is 17.0 Å². The first-order valence-corrected chi connectivity index (χ1v) is 22.3. The predicted molar refractivity (Wildman–Crippen MR) is 238 cm³/mol. The zero-order valence-electron chi connectivity index (χ0n) is 37.7. The van der Waals surface area contributed by atoms with E-state index in [1.54, 1.807) is 13.0 Å². The Kier molecular flexibility index (Phi) is 9.21. The van der Waals surface area contributed by atoms with E-state index in [0.717, 1.165) is 40.0 Å². The standard InChI is InChI=1S/C52H56N2O9/c1-26(2)13-12-19-50(8)25-29-23-35(55)60-46-36(29)44(61-50)32(17-16-27(3)4)45-39(46)42-40-37(38-41(54(42)22-21-53)30-14-10-11-15-31(30)43(38)56)33-24-34-49(6,7)63-51(47(33)57,52(34,40)62-45)20-18-28(5)48(58)59-9/h10-11,13-16,18,25,33-34,37H,12,17,19-24,53H2,1-9H3. The highest BCUT2D eigenvalue weighted by molar-refractivity contribution is 6.23. The normalized spacial score (nSPS) is 29.7. The molecule has 1 spiro atoms. The van der Waals surface area contributed by atoms with Crippen molar-refractivity contribution in [3.63, 3.8) is 0 Å². The smallest absolute Gasteiger partial charge is 0.333 e. The summed E-state index contributed by atoms with van der Waals surface area (Å²) in [5.41, 5.74) is 11.4. The van der Waals surface area contributed by atoms with Gasteiger partial charge in [0.05, 0.1) is 41.7 Å². The van der Waals surface area contributed by atoms with Crippen LogP contribution in [0, 0.1) is 17.8 Å². The number of ether oxygens (including phenoxy) is 5. The lowest BCUT2D eigenvalue weighted by molar-refractivity contribution is -0.181. The van der Waals surface area contributed by atoms with Crippen LogP contribution in [0.3, 0.4) is 0 Å². The average Bonchev–Trinajstić information content (AvgIpc) is 3.60.